The second-order valence-electron chi connectivity index (χ2n) is 7.81. The molecule has 2 atom stereocenters. The summed E-state index contributed by atoms with van der Waals surface area (Å²) in [6, 6.07) is 0.706. The number of hydrogen-bond acceptors (Lipinski definition) is 3. The molecular weight excluding hydrogens is 274 g/mol. The van der Waals surface area contributed by atoms with Crippen LogP contribution >= 0.6 is 0 Å². The zero-order valence-electron chi connectivity index (χ0n) is 14.5. The summed E-state index contributed by atoms with van der Waals surface area (Å²) in [6.45, 7) is 11.9. The Labute approximate surface area is 135 Å². The van der Waals surface area contributed by atoms with Gasteiger partial charge in [-0.15, -0.1) is 0 Å². The van der Waals surface area contributed by atoms with Crippen molar-refractivity contribution in [2.24, 2.45) is 11.8 Å². The van der Waals surface area contributed by atoms with Crippen LogP contribution in [0, 0.1) is 11.8 Å². The molecule has 2 saturated heterocycles. The zero-order valence-corrected chi connectivity index (χ0v) is 14.5. The largest absolute Gasteiger partial charge is 0.340 e. The van der Waals surface area contributed by atoms with Crippen molar-refractivity contribution < 1.29 is 4.79 Å². The van der Waals surface area contributed by atoms with Gasteiger partial charge in [0.05, 0.1) is 0 Å². The third-order valence-electron chi connectivity index (χ3n) is 6.12. The molecule has 0 N–H and O–H groups in total. The van der Waals surface area contributed by atoms with Crippen LogP contribution in [-0.4, -0.2) is 72.5 Å². The molecule has 126 valence electrons. The van der Waals surface area contributed by atoms with Crippen molar-refractivity contribution >= 4 is 5.91 Å². The second kappa shape index (κ2) is 7.31. The highest BCUT2D eigenvalue weighted by molar-refractivity contribution is 5.73. The van der Waals surface area contributed by atoms with Crippen molar-refractivity contribution in [3.05, 3.63) is 0 Å². The third-order valence-corrected chi connectivity index (χ3v) is 6.12. The van der Waals surface area contributed by atoms with E-state index < -0.39 is 0 Å². The molecule has 22 heavy (non-hydrogen) atoms. The topological polar surface area (TPSA) is 26.8 Å². The third kappa shape index (κ3) is 3.83. The minimum absolute atomic E-state index is 0.234. The molecule has 0 bridgehead atoms. The molecule has 0 radical (unpaired) electrons. The number of nitrogens with zero attached hydrogens (tertiary/aromatic N) is 3. The number of carbonyl (C=O) groups excluding carboxylic acids is 1. The van der Waals surface area contributed by atoms with Crippen LogP contribution in [0.15, 0.2) is 0 Å². The maximum absolute atomic E-state index is 11.5. The van der Waals surface area contributed by atoms with Crippen LogP contribution in [-0.2, 0) is 4.79 Å². The summed E-state index contributed by atoms with van der Waals surface area (Å²) in [5.74, 6) is 1.96. The van der Waals surface area contributed by atoms with Crippen LogP contribution in [0.1, 0.15) is 46.0 Å². The number of piperazine rings is 1. The number of likely N-dealkylation sites (tertiary alicyclic amines) is 1. The maximum Gasteiger partial charge on any atom is 0.219 e. The number of amides is 1. The van der Waals surface area contributed by atoms with Gasteiger partial charge in [-0.1, -0.05) is 26.2 Å². The minimum Gasteiger partial charge on any atom is -0.340 e. The van der Waals surface area contributed by atoms with Crippen molar-refractivity contribution in [1.29, 1.82) is 0 Å². The van der Waals surface area contributed by atoms with Gasteiger partial charge in [-0.25, -0.2) is 0 Å². The molecule has 3 aliphatic rings. The quantitative estimate of drug-likeness (QED) is 0.798. The minimum atomic E-state index is 0.234. The Hall–Kier alpha value is -0.610. The Morgan fingerprint density at radius 2 is 1.68 bits per heavy atom. The molecule has 4 nitrogen and oxygen atoms in total. The first-order valence-corrected chi connectivity index (χ1v) is 9.35. The Bertz CT molecular complexity index is 373. The fourth-order valence-corrected chi connectivity index (χ4v) is 4.78. The van der Waals surface area contributed by atoms with Crippen LogP contribution in [0.4, 0.5) is 0 Å². The summed E-state index contributed by atoms with van der Waals surface area (Å²) in [7, 11) is 0. The van der Waals surface area contributed by atoms with Crippen LogP contribution in [0.3, 0.4) is 0 Å². The van der Waals surface area contributed by atoms with Crippen molar-refractivity contribution in [2.75, 3.05) is 45.8 Å². The van der Waals surface area contributed by atoms with E-state index in [0.717, 1.165) is 38.0 Å². The summed E-state index contributed by atoms with van der Waals surface area (Å²) in [5, 5.41) is 0. The van der Waals surface area contributed by atoms with Gasteiger partial charge in [-0.2, -0.15) is 0 Å². The van der Waals surface area contributed by atoms with Gasteiger partial charge in [0.2, 0.25) is 5.91 Å². The number of carbonyl (C=O) groups is 1. The highest BCUT2D eigenvalue weighted by Gasteiger charge is 2.36. The molecular formula is C18H33N3O. The van der Waals surface area contributed by atoms with Gasteiger partial charge in [-0.05, 0) is 24.7 Å². The predicted molar refractivity (Wildman–Crippen MR) is 89.8 cm³/mol. The first-order chi connectivity index (χ1) is 10.6. The predicted octanol–water partition coefficient (Wildman–Crippen LogP) is 2.05. The molecule has 2 heterocycles. The van der Waals surface area contributed by atoms with Crippen LogP contribution in [0.2, 0.25) is 0 Å². The summed E-state index contributed by atoms with van der Waals surface area (Å²) < 4.78 is 0. The van der Waals surface area contributed by atoms with Gasteiger partial charge in [-0.3, -0.25) is 9.69 Å². The SMILES string of the molecule is CC(=O)N1CCN([C@@H]2CN(CC3CCCCC3)C[C@@H]2C)CC1. The smallest absolute Gasteiger partial charge is 0.219 e. The summed E-state index contributed by atoms with van der Waals surface area (Å²) >= 11 is 0. The monoisotopic (exact) mass is 307 g/mol. The van der Waals surface area contributed by atoms with E-state index in [1.807, 2.05) is 4.90 Å². The van der Waals surface area contributed by atoms with Crippen LogP contribution in [0.25, 0.3) is 0 Å². The first-order valence-electron chi connectivity index (χ1n) is 9.35. The van der Waals surface area contributed by atoms with Gasteiger partial charge in [0.25, 0.3) is 0 Å². The summed E-state index contributed by atoms with van der Waals surface area (Å²) in [4.78, 5) is 18.8. The highest BCUT2D eigenvalue weighted by Crippen LogP contribution is 2.28. The van der Waals surface area contributed by atoms with E-state index >= 15 is 0 Å². The molecule has 3 rings (SSSR count). The van der Waals surface area contributed by atoms with Gasteiger partial charge in [0.15, 0.2) is 0 Å². The Morgan fingerprint density at radius 1 is 1.00 bits per heavy atom. The molecule has 0 aromatic carbocycles. The van der Waals surface area contributed by atoms with Crippen molar-refractivity contribution in [1.82, 2.24) is 14.7 Å². The zero-order chi connectivity index (χ0) is 15.5. The van der Waals surface area contributed by atoms with E-state index in [-0.39, 0.29) is 5.91 Å². The average Bonchev–Trinajstić information content (AvgIpc) is 2.89. The highest BCUT2D eigenvalue weighted by atomic mass is 16.2. The van der Waals surface area contributed by atoms with Crippen LogP contribution < -0.4 is 0 Å². The van der Waals surface area contributed by atoms with Gasteiger partial charge >= 0.3 is 0 Å². The van der Waals surface area contributed by atoms with Crippen LogP contribution in [0.5, 0.6) is 0 Å². The van der Waals surface area contributed by atoms with Gasteiger partial charge in [0.1, 0.15) is 0 Å². The van der Waals surface area contributed by atoms with Gasteiger partial charge in [0, 0.05) is 58.8 Å². The standard InChI is InChI=1S/C18H33N3O/c1-15-12-19(13-17-6-4-3-5-7-17)14-18(15)21-10-8-20(9-11-21)16(2)22/h15,17-18H,3-14H2,1-2H3/t15-,18+/m0/s1. The Morgan fingerprint density at radius 3 is 2.32 bits per heavy atom. The lowest BCUT2D eigenvalue weighted by atomic mass is 9.89. The van der Waals surface area contributed by atoms with E-state index in [1.54, 1.807) is 6.92 Å². The lowest BCUT2D eigenvalue weighted by Gasteiger charge is -2.39. The number of hydrogen-bond donors (Lipinski definition) is 0. The molecule has 0 aromatic rings. The van der Waals surface area contributed by atoms with E-state index in [9.17, 15) is 4.79 Å². The first kappa shape index (κ1) is 16.3. The lowest BCUT2D eigenvalue weighted by Crippen LogP contribution is -2.53. The second-order valence-corrected chi connectivity index (χ2v) is 7.81. The molecule has 1 aliphatic carbocycles. The Balaban J connectivity index is 1.47. The molecule has 4 heteroatoms. The Kier molecular flexibility index (Phi) is 5.40. The average molecular weight is 307 g/mol. The lowest BCUT2D eigenvalue weighted by molar-refractivity contribution is -0.130. The van der Waals surface area contributed by atoms with E-state index in [2.05, 4.69) is 16.7 Å². The number of rotatable bonds is 3. The molecule has 2 aliphatic heterocycles. The van der Waals surface area contributed by atoms with Gasteiger partial charge < -0.3 is 9.80 Å². The van der Waals surface area contributed by atoms with E-state index in [0.29, 0.717) is 6.04 Å². The summed E-state index contributed by atoms with van der Waals surface area (Å²) in [6.07, 6.45) is 7.25. The molecule has 1 saturated carbocycles. The van der Waals surface area contributed by atoms with Crippen molar-refractivity contribution in [3.63, 3.8) is 0 Å². The molecule has 0 aromatic heterocycles. The maximum atomic E-state index is 11.5. The molecule has 0 unspecified atom stereocenters. The molecule has 3 fully saturated rings. The molecule has 0 spiro atoms. The van der Waals surface area contributed by atoms with E-state index in [4.69, 9.17) is 0 Å². The normalized spacial score (nSPS) is 32.5. The summed E-state index contributed by atoms with van der Waals surface area (Å²) in [5.41, 5.74) is 0. The van der Waals surface area contributed by atoms with Crippen molar-refractivity contribution in [2.45, 2.75) is 52.0 Å². The van der Waals surface area contributed by atoms with E-state index in [1.165, 1.54) is 51.7 Å². The fraction of sp³-hybridized carbons (Fsp3) is 0.944. The van der Waals surface area contributed by atoms with Crippen molar-refractivity contribution in [3.8, 4) is 0 Å². The fourth-order valence-electron chi connectivity index (χ4n) is 4.78. The molecule has 1 amide bonds.